The van der Waals surface area contributed by atoms with Gasteiger partial charge in [0.1, 0.15) is 4.90 Å². The molecule has 1 atom stereocenters. The predicted molar refractivity (Wildman–Crippen MR) is 122 cm³/mol. The number of primary amides is 1. The van der Waals surface area contributed by atoms with Crippen LogP contribution in [0.3, 0.4) is 0 Å². The molecule has 166 valence electrons. The fourth-order valence-corrected chi connectivity index (χ4v) is 4.85. The number of anilines is 1. The number of carbonyl (C=O) groups is 2. The van der Waals surface area contributed by atoms with E-state index < -0.39 is 28.0 Å². The first-order valence-electron chi connectivity index (χ1n) is 9.61. The van der Waals surface area contributed by atoms with Crippen molar-refractivity contribution in [2.75, 3.05) is 4.31 Å². The van der Waals surface area contributed by atoms with Crippen LogP contribution in [0.4, 0.5) is 5.69 Å². The van der Waals surface area contributed by atoms with Gasteiger partial charge in [-0.3, -0.25) is 9.10 Å². The van der Waals surface area contributed by atoms with Crippen molar-refractivity contribution in [3.8, 4) is 0 Å². The quantitative estimate of drug-likeness (QED) is 0.502. The topological polar surface area (TPSA) is 107 Å². The molecule has 0 bridgehead atoms. The van der Waals surface area contributed by atoms with E-state index in [1.54, 1.807) is 30.3 Å². The number of rotatable bonds is 8. The number of ether oxygens (including phenoxy) is 1. The minimum Gasteiger partial charge on any atom is -0.449 e. The van der Waals surface area contributed by atoms with Crippen LogP contribution in [0.5, 0.6) is 0 Å². The number of sulfonamides is 1. The molecule has 0 saturated carbocycles. The summed E-state index contributed by atoms with van der Waals surface area (Å²) < 4.78 is 33.6. The third kappa shape index (κ3) is 5.27. The second-order valence-electron chi connectivity index (χ2n) is 6.93. The molecule has 1 amide bonds. The second-order valence-corrected chi connectivity index (χ2v) is 9.17. The number of benzene rings is 3. The highest BCUT2D eigenvalue weighted by molar-refractivity contribution is 7.93. The van der Waals surface area contributed by atoms with E-state index in [-0.39, 0.29) is 22.0 Å². The lowest BCUT2D eigenvalue weighted by Crippen LogP contribution is -2.31. The zero-order chi connectivity index (χ0) is 23.3. The van der Waals surface area contributed by atoms with Crippen LogP contribution in [-0.2, 0) is 26.1 Å². The maximum absolute atomic E-state index is 13.7. The van der Waals surface area contributed by atoms with E-state index in [2.05, 4.69) is 0 Å². The largest absolute Gasteiger partial charge is 0.449 e. The van der Waals surface area contributed by atoms with E-state index in [9.17, 15) is 18.0 Å². The van der Waals surface area contributed by atoms with Gasteiger partial charge in [0.15, 0.2) is 6.10 Å². The molecule has 3 aromatic rings. The molecule has 2 N–H and O–H groups in total. The summed E-state index contributed by atoms with van der Waals surface area (Å²) in [6, 6.07) is 21.4. The molecule has 3 aromatic carbocycles. The number of hydrogen-bond acceptors (Lipinski definition) is 5. The summed E-state index contributed by atoms with van der Waals surface area (Å²) in [5, 5.41) is -0.0570. The van der Waals surface area contributed by atoms with E-state index in [0.717, 1.165) is 11.6 Å². The van der Waals surface area contributed by atoms with Gasteiger partial charge in [-0.2, -0.15) is 0 Å². The summed E-state index contributed by atoms with van der Waals surface area (Å²) in [6.45, 7) is 1.38. The fraction of sp³-hybridized carbons (Fsp3) is 0.130. The Morgan fingerprint density at radius 3 is 2.19 bits per heavy atom. The minimum atomic E-state index is -4.18. The Bertz CT molecular complexity index is 1220. The smallest absolute Gasteiger partial charge is 0.338 e. The van der Waals surface area contributed by atoms with Crippen LogP contribution in [0.2, 0.25) is 5.02 Å². The van der Waals surface area contributed by atoms with E-state index in [1.165, 1.54) is 23.4 Å². The van der Waals surface area contributed by atoms with Crippen LogP contribution in [0.15, 0.2) is 83.8 Å². The Morgan fingerprint density at radius 1 is 1.00 bits per heavy atom. The van der Waals surface area contributed by atoms with Crippen LogP contribution < -0.4 is 10.0 Å². The molecular weight excluding hydrogens is 452 g/mol. The highest BCUT2D eigenvalue weighted by Gasteiger charge is 2.29. The van der Waals surface area contributed by atoms with Gasteiger partial charge in [-0.1, -0.05) is 60.1 Å². The van der Waals surface area contributed by atoms with E-state index in [0.29, 0.717) is 5.69 Å². The summed E-state index contributed by atoms with van der Waals surface area (Å²) in [5.41, 5.74) is 6.25. The average molecular weight is 473 g/mol. The summed E-state index contributed by atoms with van der Waals surface area (Å²) in [7, 11) is -4.18. The zero-order valence-electron chi connectivity index (χ0n) is 17.1. The highest BCUT2D eigenvalue weighted by atomic mass is 35.5. The Kier molecular flexibility index (Phi) is 7.17. The molecule has 3 rings (SSSR count). The molecule has 0 aliphatic heterocycles. The molecule has 0 aliphatic rings. The summed E-state index contributed by atoms with van der Waals surface area (Å²) in [6.07, 6.45) is -1.17. The first-order chi connectivity index (χ1) is 15.2. The molecule has 0 spiro atoms. The Balaban J connectivity index is 2.04. The molecule has 0 unspecified atom stereocenters. The van der Waals surface area contributed by atoms with Gasteiger partial charge < -0.3 is 10.5 Å². The van der Waals surface area contributed by atoms with E-state index in [1.807, 2.05) is 30.3 Å². The number of hydrogen-bond donors (Lipinski definition) is 1. The summed E-state index contributed by atoms with van der Waals surface area (Å²) >= 11 is 6.24. The zero-order valence-corrected chi connectivity index (χ0v) is 18.7. The van der Waals surface area contributed by atoms with Crippen LogP contribution >= 0.6 is 11.6 Å². The Morgan fingerprint density at radius 2 is 1.59 bits per heavy atom. The predicted octanol–water partition coefficient (Wildman–Crippen LogP) is 3.77. The first kappa shape index (κ1) is 23.3. The standard InChI is InChI=1S/C23H21ClN2O5S/c1-16(22(25)27)31-23(28)18-12-13-20(24)21(14-18)32(29,30)26(19-10-6-3-7-11-19)15-17-8-4-2-5-9-17/h2-14,16H,15H2,1H3,(H2,25,27)/t16-/m1/s1. The third-order valence-corrected chi connectivity index (χ3v) is 6.89. The van der Waals surface area contributed by atoms with Crippen molar-refractivity contribution in [3.05, 3.63) is 95.0 Å². The van der Waals surface area contributed by atoms with Crippen molar-refractivity contribution in [2.24, 2.45) is 5.73 Å². The SMILES string of the molecule is C[C@@H](OC(=O)c1ccc(Cl)c(S(=O)(=O)N(Cc2ccccc2)c2ccccc2)c1)C(N)=O. The van der Waals surface area contributed by atoms with Gasteiger partial charge in [0.05, 0.1) is 22.8 Å². The number of carbonyl (C=O) groups excluding carboxylic acids is 2. The van der Waals surface area contributed by atoms with Crippen molar-refractivity contribution in [2.45, 2.75) is 24.5 Å². The molecule has 7 nitrogen and oxygen atoms in total. The van der Waals surface area contributed by atoms with Gasteiger partial charge in [-0.25, -0.2) is 13.2 Å². The molecule has 0 saturated heterocycles. The van der Waals surface area contributed by atoms with Crippen molar-refractivity contribution >= 4 is 39.2 Å². The number of amides is 1. The number of nitrogens with two attached hydrogens (primary N) is 1. The van der Waals surface area contributed by atoms with Crippen molar-refractivity contribution in [1.82, 2.24) is 0 Å². The van der Waals surface area contributed by atoms with Gasteiger partial charge in [0, 0.05) is 0 Å². The van der Waals surface area contributed by atoms with Crippen LogP contribution in [-0.4, -0.2) is 26.4 Å². The highest BCUT2D eigenvalue weighted by Crippen LogP contribution is 2.31. The first-order valence-corrected chi connectivity index (χ1v) is 11.4. The fourth-order valence-electron chi connectivity index (χ4n) is 2.89. The molecular formula is C23H21ClN2O5S. The number of esters is 1. The van der Waals surface area contributed by atoms with Gasteiger partial charge in [-0.05, 0) is 42.8 Å². The molecule has 32 heavy (non-hydrogen) atoms. The summed E-state index contributed by atoms with van der Waals surface area (Å²) in [4.78, 5) is 23.3. The number of para-hydroxylation sites is 1. The average Bonchev–Trinajstić information content (AvgIpc) is 2.78. The molecule has 9 heteroatoms. The van der Waals surface area contributed by atoms with Crippen molar-refractivity contribution < 1.29 is 22.7 Å². The molecule has 0 heterocycles. The van der Waals surface area contributed by atoms with Crippen LogP contribution in [0.1, 0.15) is 22.8 Å². The van der Waals surface area contributed by atoms with Crippen LogP contribution in [0, 0.1) is 0 Å². The number of nitrogens with zero attached hydrogens (tertiary/aromatic N) is 1. The third-order valence-electron chi connectivity index (χ3n) is 4.63. The molecule has 0 radical (unpaired) electrons. The normalized spacial score (nSPS) is 12.1. The maximum Gasteiger partial charge on any atom is 0.338 e. The molecule has 0 aromatic heterocycles. The van der Waals surface area contributed by atoms with Crippen LogP contribution in [0.25, 0.3) is 0 Å². The number of halogens is 1. The van der Waals surface area contributed by atoms with E-state index >= 15 is 0 Å². The second kappa shape index (κ2) is 9.84. The van der Waals surface area contributed by atoms with Crippen molar-refractivity contribution in [3.63, 3.8) is 0 Å². The lowest BCUT2D eigenvalue weighted by Gasteiger charge is -2.25. The van der Waals surface area contributed by atoms with Gasteiger partial charge in [0.25, 0.3) is 15.9 Å². The minimum absolute atomic E-state index is 0.0525. The molecule has 0 aliphatic carbocycles. The van der Waals surface area contributed by atoms with E-state index in [4.69, 9.17) is 22.1 Å². The summed E-state index contributed by atoms with van der Waals surface area (Å²) in [5.74, 6) is -1.71. The lowest BCUT2D eigenvalue weighted by molar-refractivity contribution is -0.125. The monoisotopic (exact) mass is 472 g/mol. The Hall–Kier alpha value is -3.36. The van der Waals surface area contributed by atoms with Gasteiger partial charge >= 0.3 is 5.97 Å². The van der Waals surface area contributed by atoms with Gasteiger partial charge in [-0.15, -0.1) is 0 Å². The van der Waals surface area contributed by atoms with Crippen molar-refractivity contribution in [1.29, 1.82) is 0 Å². The van der Waals surface area contributed by atoms with Gasteiger partial charge in [0.2, 0.25) is 0 Å². The Labute approximate surface area is 191 Å². The molecule has 0 fully saturated rings. The lowest BCUT2D eigenvalue weighted by atomic mass is 10.2. The maximum atomic E-state index is 13.7.